The first-order valence-electron chi connectivity index (χ1n) is 9.81. The van der Waals surface area contributed by atoms with E-state index >= 15 is 0 Å². The van der Waals surface area contributed by atoms with Crippen LogP contribution in [0.2, 0.25) is 0 Å². The van der Waals surface area contributed by atoms with Gasteiger partial charge in [0.1, 0.15) is 23.0 Å². The highest BCUT2D eigenvalue weighted by Crippen LogP contribution is 2.44. The van der Waals surface area contributed by atoms with Crippen LogP contribution in [0.4, 0.5) is 0 Å². The van der Waals surface area contributed by atoms with Gasteiger partial charge in [-0.15, -0.1) is 0 Å². The van der Waals surface area contributed by atoms with Crippen molar-refractivity contribution in [2.45, 2.75) is 34.6 Å². The summed E-state index contributed by atoms with van der Waals surface area (Å²) in [6.45, 7) is 9.96. The molecule has 3 rings (SSSR count). The zero-order chi connectivity index (χ0) is 22.2. The van der Waals surface area contributed by atoms with Crippen molar-refractivity contribution in [3.05, 3.63) is 64.2 Å². The van der Waals surface area contributed by atoms with Crippen LogP contribution in [-0.2, 0) is 0 Å². The second-order valence-corrected chi connectivity index (χ2v) is 9.79. The molecule has 0 aliphatic rings. The average Bonchev–Trinajstić information content (AvgIpc) is 2.69. The van der Waals surface area contributed by atoms with Crippen LogP contribution >= 0.6 is 7.92 Å². The van der Waals surface area contributed by atoms with Crippen LogP contribution in [0.25, 0.3) is 0 Å². The standard InChI is InChI=1S/C25H29O4P/c1-14-8-17(4)25(18(5)9-14)30(21-12-19(28-6)10-15(2)23(21)26)22-13-20(29-7)11-16(3)24(22)27/h8-13,26-27H,1-7H3. The third-order valence-electron chi connectivity index (χ3n) is 5.32. The van der Waals surface area contributed by atoms with Gasteiger partial charge in [0.2, 0.25) is 0 Å². The van der Waals surface area contributed by atoms with Gasteiger partial charge in [-0.3, -0.25) is 0 Å². The molecule has 0 aromatic heterocycles. The van der Waals surface area contributed by atoms with E-state index in [0.29, 0.717) is 11.5 Å². The number of benzene rings is 3. The molecule has 3 aromatic carbocycles. The van der Waals surface area contributed by atoms with Crippen LogP contribution in [0, 0.1) is 34.6 Å². The number of rotatable bonds is 5. The molecule has 0 amide bonds. The largest absolute Gasteiger partial charge is 0.507 e. The van der Waals surface area contributed by atoms with Crippen LogP contribution in [0.15, 0.2) is 36.4 Å². The number of hydrogen-bond acceptors (Lipinski definition) is 4. The van der Waals surface area contributed by atoms with Crippen molar-refractivity contribution in [2.75, 3.05) is 14.2 Å². The van der Waals surface area contributed by atoms with Gasteiger partial charge in [0.05, 0.1) is 14.2 Å². The van der Waals surface area contributed by atoms with Gasteiger partial charge >= 0.3 is 0 Å². The minimum Gasteiger partial charge on any atom is -0.507 e. The molecule has 0 heterocycles. The second kappa shape index (κ2) is 8.57. The van der Waals surface area contributed by atoms with Crippen LogP contribution in [0.5, 0.6) is 23.0 Å². The molecule has 0 spiro atoms. The van der Waals surface area contributed by atoms with E-state index in [0.717, 1.165) is 38.2 Å². The van der Waals surface area contributed by atoms with Crippen LogP contribution in [-0.4, -0.2) is 24.4 Å². The number of phenolic OH excluding ortho intramolecular Hbond substituents is 2. The molecule has 0 saturated heterocycles. The molecule has 158 valence electrons. The molecular weight excluding hydrogens is 395 g/mol. The summed E-state index contributed by atoms with van der Waals surface area (Å²) in [6, 6.07) is 11.7. The third kappa shape index (κ3) is 3.97. The Morgan fingerprint density at radius 1 is 0.600 bits per heavy atom. The number of ether oxygens (including phenoxy) is 2. The summed E-state index contributed by atoms with van der Waals surface area (Å²) in [5.41, 5.74) is 4.90. The van der Waals surface area contributed by atoms with Gasteiger partial charge in [0.25, 0.3) is 0 Å². The molecule has 3 aromatic rings. The third-order valence-corrected chi connectivity index (χ3v) is 8.12. The Bertz CT molecular complexity index is 1020. The number of methoxy groups -OCH3 is 2. The number of hydrogen-bond donors (Lipinski definition) is 2. The van der Waals surface area contributed by atoms with E-state index in [1.807, 2.05) is 38.1 Å². The van der Waals surface area contributed by atoms with Gasteiger partial charge < -0.3 is 19.7 Å². The normalized spacial score (nSPS) is 11.1. The molecule has 4 nitrogen and oxygen atoms in total. The van der Waals surface area contributed by atoms with E-state index < -0.39 is 7.92 Å². The molecule has 0 aliphatic heterocycles. The number of phenols is 2. The highest BCUT2D eigenvalue weighted by atomic mass is 31.1. The number of aromatic hydroxyl groups is 2. The number of aryl methyl sites for hydroxylation is 5. The quantitative estimate of drug-likeness (QED) is 0.596. The van der Waals surface area contributed by atoms with Gasteiger partial charge in [-0.2, -0.15) is 0 Å². The summed E-state index contributed by atoms with van der Waals surface area (Å²) < 4.78 is 11.0. The Hall–Kier alpha value is -2.71. The van der Waals surface area contributed by atoms with Gasteiger partial charge in [0.15, 0.2) is 0 Å². The smallest absolute Gasteiger partial charge is 0.127 e. The van der Waals surface area contributed by atoms with E-state index in [9.17, 15) is 10.2 Å². The highest BCUT2D eigenvalue weighted by molar-refractivity contribution is 7.80. The van der Waals surface area contributed by atoms with Crippen molar-refractivity contribution >= 4 is 23.8 Å². The first-order chi connectivity index (χ1) is 14.2. The van der Waals surface area contributed by atoms with Gasteiger partial charge in [-0.1, -0.05) is 17.7 Å². The summed E-state index contributed by atoms with van der Waals surface area (Å²) in [5.74, 6) is 1.80. The topological polar surface area (TPSA) is 58.9 Å². The van der Waals surface area contributed by atoms with Crippen molar-refractivity contribution < 1.29 is 19.7 Å². The van der Waals surface area contributed by atoms with Gasteiger partial charge in [0, 0.05) is 10.6 Å². The molecule has 0 bridgehead atoms. The van der Waals surface area contributed by atoms with E-state index in [2.05, 4.69) is 32.9 Å². The average molecular weight is 424 g/mol. The van der Waals surface area contributed by atoms with E-state index in [1.165, 1.54) is 5.56 Å². The molecule has 30 heavy (non-hydrogen) atoms. The summed E-state index contributed by atoms with van der Waals surface area (Å²) in [5, 5.41) is 24.8. The van der Waals surface area contributed by atoms with Crippen molar-refractivity contribution in [2.24, 2.45) is 0 Å². The first-order valence-corrected chi connectivity index (χ1v) is 11.1. The maximum Gasteiger partial charge on any atom is 0.127 e. The Morgan fingerprint density at radius 2 is 1.00 bits per heavy atom. The zero-order valence-corrected chi connectivity index (χ0v) is 19.5. The molecule has 0 aliphatic carbocycles. The molecule has 2 N–H and O–H groups in total. The summed E-state index contributed by atoms with van der Waals surface area (Å²) in [4.78, 5) is 0. The molecule has 0 unspecified atom stereocenters. The van der Waals surface area contributed by atoms with E-state index in [-0.39, 0.29) is 11.5 Å². The second-order valence-electron chi connectivity index (χ2n) is 7.71. The lowest BCUT2D eigenvalue weighted by molar-refractivity contribution is 0.412. The Morgan fingerprint density at radius 3 is 1.37 bits per heavy atom. The maximum atomic E-state index is 11.1. The fourth-order valence-electron chi connectivity index (χ4n) is 3.93. The van der Waals surface area contributed by atoms with Crippen molar-refractivity contribution in [1.29, 1.82) is 0 Å². The summed E-state index contributed by atoms with van der Waals surface area (Å²) in [6.07, 6.45) is 0. The predicted molar refractivity (Wildman–Crippen MR) is 125 cm³/mol. The van der Waals surface area contributed by atoms with E-state index in [4.69, 9.17) is 9.47 Å². The van der Waals surface area contributed by atoms with Gasteiger partial charge in [-0.25, -0.2) is 0 Å². The van der Waals surface area contributed by atoms with Crippen LogP contribution < -0.4 is 25.4 Å². The highest BCUT2D eigenvalue weighted by Gasteiger charge is 2.28. The van der Waals surface area contributed by atoms with E-state index in [1.54, 1.807) is 14.2 Å². The molecule has 0 saturated carbocycles. The fourth-order valence-corrected chi connectivity index (χ4v) is 6.79. The van der Waals surface area contributed by atoms with Crippen LogP contribution in [0.3, 0.4) is 0 Å². The first kappa shape index (κ1) is 22.0. The lowest BCUT2D eigenvalue weighted by Gasteiger charge is -2.27. The zero-order valence-electron chi connectivity index (χ0n) is 18.6. The van der Waals surface area contributed by atoms with Crippen molar-refractivity contribution in [1.82, 2.24) is 0 Å². The van der Waals surface area contributed by atoms with Crippen LogP contribution in [0.1, 0.15) is 27.8 Å². The molecule has 0 fully saturated rings. The summed E-state index contributed by atoms with van der Waals surface area (Å²) in [7, 11) is 1.96. The predicted octanol–water partition coefficient (Wildman–Crippen LogP) is 4.42. The summed E-state index contributed by atoms with van der Waals surface area (Å²) >= 11 is 0. The Balaban J connectivity index is 2.45. The molecule has 0 atom stereocenters. The molecular formula is C25H29O4P. The van der Waals surface area contributed by atoms with Gasteiger partial charge in [-0.05, 0) is 94.4 Å². The SMILES string of the molecule is COc1cc(C)c(O)c(P(c2cc(OC)cc(C)c2O)c2c(C)cc(C)cc2C)c1. The maximum absolute atomic E-state index is 11.1. The monoisotopic (exact) mass is 424 g/mol. The minimum absolute atomic E-state index is 0.223. The van der Waals surface area contributed by atoms with Crippen molar-refractivity contribution in [3.8, 4) is 23.0 Å². The van der Waals surface area contributed by atoms with Crippen molar-refractivity contribution in [3.63, 3.8) is 0 Å². The molecule has 0 radical (unpaired) electrons. The fraction of sp³-hybridized carbons (Fsp3) is 0.280. The minimum atomic E-state index is -1.28. The lowest BCUT2D eigenvalue weighted by Crippen LogP contribution is -2.26. The lowest BCUT2D eigenvalue weighted by atomic mass is 10.1. The Kier molecular flexibility index (Phi) is 6.28. The Labute approximate surface area is 179 Å². The molecule has 5 heteroatoms.